The zero-order chi connectivity index (χ0) is 24.1. The van der Waals surface area contributed by atoms with E-state index < -0.39 is 28.5 Å². The lowest BCUT2D eigenvalue weighted by Gasteiger charge is -2.29. The number of nitrogens with one attached hydrogen (secondary N) is 2. The molecule has 1 saturated heterocycles. The molecule has 2 heterocycles. The van der Waals surface area contributed by atoms with Crippen molar-refractivity contribution in [3.05, 3.63) is 76.3 Å². The van der Waals surface area contributed by atoms with E-state index in [1.165, 1.54) is 23.5 Å². The number of rotatable bonds is 8. The summed E-state index contributed by atoms with van der Waals surface area (Å²) in [6.07, 6.45) is 0. The number of piperazine rings is 1. The van der Waals surface area contributed by atoms with Gasteiger partial charge in [-0.3, -0.25) is 10.1 Å². The summed E-state index contributed by atoms with van der Waals surface area (Å²) >= 11 is 1.21. The summed E-state index contributed by atoms with van der Waals surface area (Å²) in [6.45, 7) is 7.68. The molecule has 0 aliphatic carbocycles. The number of amides is 1. The molecular weight excluding hydrogens is 458 g/mol. The van der Waals surface area contributed by atoms with Crippen LogP contribution in [0.4, 0.5) is 19.6 Å². The van der Waals surface area contributed by atoms with Crippen molar-refractivity contribution in [1.82, 2.24) is 10.3 Å². The quantitative estimate of drug-likeness (QED) is 0.493. The van der Waals surface area contributed by atoms with Gasteiger partial charge in [0.15, 0.2) is 5.13 Å². The summed E-state index contributed by atoms with van der Waals surface area (Å²) in [6, 6.07) is 12.3. The van der Waals surface area contributed by atoms with E-state index in [1.807, 2.05) is 54.5 Å². The average molecular weight is 487 g/mol. The topological polar surface area (TPSA) is 66.5 Å². The fraction of sp³-hybridized carbons (Fsp3) is 0.360. The molecule has 1 aliphatic heterocycles. The van der Waals surface area contributed by atoms with Crippen LogP contribution in [0.15, 0.2) is 47.8 Å². The van der Waals surface area contributed by atoms with Crippen molar-refractivity contribution >= 4 is 28.1 Å². The van der Waals surface area contributed by atoms with Gasteiger partial charge in [-0.25, -0.2) is 13.8 Å². The summed E-state index contributed by atoms with van der Waals surface area (Å²) in [7, 11) is 0. The Hall–Kier alpha value is -2.88. The number of carbonyl (C=O) groups is 1. The molecule has 4 rings (SSSR count). The second-order valence-corrected chi connectivity index (χ2v) is 9.21. The van der Waals surface area contributed by atoms with Gasteiger partial charge >= 0.3 is 0 Å². The van der Waals surface area contributed by atoms with Crippen molar-refractivity contribution in [2.75, 3.05) is 49.6 Å². The number of benzene rings is 2. The number of hydrogen-bond acceptors (Lipinski definition) is 6. The third kappa shape index (κ3) is 5.11. The molecular formula is C25H28F2N4O2S. The highest BCUT2D eigenvalue weighted by Gasteiger charge is 2.32. The molecule has 1 fully saturated rings. The maximum absolute atomic E-state index is 14.8. The number of carbonyl (C=O) groups excluding carboxylic acids is 1. The standard InChI is InChI=1S/C25H28F2N4O2S/c1-3-33-16-25(2,17-7-5-4-6-8-17)21-15-34-24(29-21)30-23(32)22-19(26)13-18(14-20(22)27)31-11-9-28-10-12-31/h4-8,13-15,28H,3,9-12,16H2,1-2H3,(H,29,30,32). The van der Waals surface area contributed by atoms with E-state index in [0.717, 1.165) is 18.7 Å². The smallest absolute Gasteiger partial charge is 0.263 e. The second kappa shape index (κ2) is 10.6. The van der Waals surface area contributed by atoms with Crippen molar-refractivity contribution in [3.63, 3.8) is 0 Å². The summed E-state index contributed by atoms with van der Waals surface area (Å²) in [5.41, 5.74) is 1.00. The van der Waals surface area contributed by atoms with Crippen LogP contribution in [0.1, 0.15) is 35.5 Å². The number of thiazole rings is 1. The number of ether oxygens (including phenoxy) is 1. The normalized spacial score (nSPS) is 15.7. The molecule has 180 valence electrons. The van der Waals surface area contributed by atoms with Crippen molar-refractivity contribution in [2.24, 2.45) is 0 Å². The van der Waals surface area contributed by atoms with E-state index in [2.05, 4.69) is 15.6 Å². The zero-order valence-corrected chi connectivity index (χ0v) is 20.1. The van der Waals surface area contributed by atoms with Crippen molar-refractivity contribution in [2.45, 2.75) is 19.3 Å². The Bertz CT molecular complexity index is 1110. The highest BCUT2D eigenvalue weighted by Crippen LogP contribution is 2.34. The van der Waals surface area contributed by atoms with Crippen LogP contribution >= 0.6 is 11.3 Å². The first-order valence-electron chi connectivity index (χ1n) is 11.3. The van der Waals surface area contributed by atoms with Crippen molar-refractivity contribution < 1.29 is 18.3 Å². The second-order valence-electron chi connectivity index (χ2n) is 8.35. The predicted octanol–water partition coefficient (Wildman–Crippen LogP) is 4.43. The van der Waals surface area contributed by atoms with Gasteiger partial charge in [-0.2, -0.15) is 0 Å². The molecule has 0 radical (unpaired) electrons. The fourth-order valence-corrected chi connectivity index (χ4v) is 4.88. The minimum atomic E-state index is -0.895. The molecule has 34 heavy (non-hydrogen) atoms. The largest absolute Gasteiger partial charge is 0.380 e. The molecule has 0 saturated carbocycles. The molecule has 2 N–H and O–H groups in total. The monoisotopic (exact) mass is 486 g/mol. The van der Waals surface area contributed by atoms with E-state index in [-0.39, 0.29) is 5.13 Å². The predicted molar refractivity (Wildman–Crippen MR) is 131 cm³/mol. The van der Waals surface area contributed by atoms with Gasteiger partial charge in [0.2, 0.25) is 0 Å². The summed E-state index contributed by atoms with van der Waals surface area (Å²) < 4.78 is 35.3. The minimum absolute atomic E-state index is 0.267. The van der Waals surface area contributed by atoms with Crippen LogP contribution in [0, 0.1) is 11.6 Å². The van der Waals surface area contributed by atoms with Gasteiger partial charge in [-0.05, 0) is 31.5 Å². The first kappa shape index (κ1) is 24.3. The SMILES string of the molecule is CCOCC(C)(c1ccccc1)c1csc(NC(=O)c2c(F)cc(N3CCNCC3)cc2F)n1. The fourth-order valence-electron chi connectivity index (χ4n) is 4.04. The highest BCUT2D eigenvalue weighted by molar-refractivity contribution is 7.14. The van der Waals surface area contributed by atoms with E-state index in [4.69, 9.17) is 4.74 Å². The number of nitrogens with zero attached hydrogens (tertiary/aromatic N) is 2. The maximum atomic E-state index is 14.8. The van der Waals surface area contributed by atoms with Crippen LogP contribution in [-0.2, 0) is 10.2 Å². The van der Waals surface area contributed by atoms with E-state index >= 15 is 0 Å². The van der Waals surface area contributed by atoms with Crippen LogP contribution in [0.3, 0.4) is 0 Å². The van der Waals surface area contributed by atoms with Gasteiger partial charge in [0.05, 0.1) is 17.7 Å². The molecule has 1 aromatic heterocycles. The van der Waals surface area contributed by atoms with Gasteiger partial charge in [-0.1, -0.05) is 30.3 Å². The Labute approximate surface area is 202 Å². The van der Waals surface area contributed by atoms with Gasteiger partial charge < -0.3 is 15.0 Å². The maximum Gasteiger partial charge on any atom is 0.263 e. The van der Waals surface area contributed by atoms with Crippen molar-refractivity contribution in [1.29, 1.82) is 0 Å². The third-order valence-corrected chi connectivity index (χ3v) is 6.79. The molecule has 0 spiro atoms. The van der Waals surface area contributed by atoms with Gasteiger partial charge in [0, 0.05) is 43.9 Å². The van der Waals surface area contributed by atoms with E-state index in [1.54, 1.807) is 0 Å². The highest BCUT2D eigenvalue weighted by atomic mass is 32.1. The molecule has 1 aliphatic rings. The number of aromatic nitrogens is 1. The van der Waals surface area contributed by atoms with Crippen LogP contribution in [0.5, 0.6) is 0 Å². The lowest BCUT2D eigenvalue weighted by molar-refractivity contribution is 0.101. The van der Waals surface area contributed by atoms with Crippen LogP contribution in [0.25, 0.3) is 0 Å². The third-order valence-electron chi connectivity index (χ3n) is 6.03. The lowest BCUT2D eigenvalue weighted by atomic mass is 9.81. The van der Waals surface area contributed by atoms with Crippen LogP contribution in [0.2, 0.25) is 0 Å². The number of anilines is 2. The molecule has 1 unspecified atom stereocenters. The molecule has 1 amide bonds. The molecule has 3 aromatic rings. The first-order valence-corrected chi connectivity index (χ1v) is 12.2. The Kier molecular flexibility index (Phi) is 7.55. The van der Waals surface area contributed by atoms with Gasteiger partial charge in [0.1, 0.15) is 17.2 Å². The minimum Gasteiger partial charge on any atom is -0.380 e. The summed E-state index contributed by atoms with van der Waals surface area (Å²) in [4.78, 5) is 19.2. The van der Waals surface area contributed by atoms with Crippen LogP contribution < -0.4 is 15.5 Å². The molecule has 6 nitrogen and oxygen atoms in total. The molecule has 0 bridgehead atoms. The number of halogens is 2. The Morgan fingerprint density at radius 2 is 1.88 bits per heavy atom. The Morgan fingerprint density at radius 1 is 1.21 bits per heavy atom. The molecule has 9 heteroatoms. The molecule has 1 atom stereocenters. The van der Waals surface area contributed by atoms with Gasteiger partial charge in [0.25, 0.3) is 5.91 Å². The van der Waals surface area contributed by atoms with E-state index in [9.17, 15) is 13.6 Å². The summed E-state index contributed by atoms with van der Waals surface area (Å²) in [5, 5.41) is 7.86. The first-order chi connectivity index (χ1) is 16.4. The van der Waals surface area contributed by atoms with Crippen molar-refractivity contribution in [3.8, 4) is 0 Å². The zero-order valence-electron chi connectivity index (χ0n) is 19.2. The number of hydrogen-bond donors (Lipinski definition) is 2. The molecule has 2 aromatic carbocycles. The average Bonchev–Trinajstić information content (AvgIpc) is 3.32. The van der Waals surface area contributed by atoms with Gasteiger partial charge in [-0.15, -0.1) is 11.3 Å². The lowest BCUT2D eigenvalue weighted by Crippen LogP contribution is -2.43. The Balaban J connectivity index is 1.55. The van der Waals surface area contributed by atoms with Crippen LogP contribution in [-0.4, -0.2) is 50.3 Å². The summed E-state index contributed by atoms with van der Waals surface area (Å²) in [5.74, 6) is -2.66. The Morgan fingerprint density at radius 3 is 2.53 bits per heavy atom. The van der Waals surface area contributed by atoms with E-state index in [0.29, 0.717) is 37.7 Å².